The van der Waals surface area contributed by atoms with Crippen LogP contribution in [0.3, 0.4) is 0 Å². The van der Waals surface area contributed by atoms with Gasteiger partial charge >= 0.3 is 6.18 Å². The Hall–Kier alpha value is -2.94. The number of nitrogens with one attached hydrogen (secondary N) is 3. The van der Waals surface area contributed by atoms with Crippen molar-refractivity contribution in [2.24, 2.45) is 0 Å². The van der Waals surface area contributed by atoms with Crippen LogP contribution in [0.25, 0.3) is 11.1 Å². The fraction of sp³-hybridized carbons (Fsp3) is 0.350. The lowest BCUT2D eigenvalue weighted by Gasteiger charge is -2.29. The number of hydrogen-bond donors (Lipinski definition) is 3. The number of nitrogens with zero attached hydrogens (tertiary/aromatic N) is 1. The minimum Gasteiger partial charge on any atom is -0.348 e. The molecule has 3 atom stereocenters. The summed E-state index contributed by atoms with van der Waals surface area (Å²) >= 11 is 0. The van der Waals surface area contributed by atoms with Gasteiger partial charge in [0.15, 0.2) is 0 Å². The minimum atomic E-state index is -4.47. The SMILES string of the molecule is CC1NC(=O)CC(C(=O)N[C@H](C)c2ccc(-c3ccc(C(F)(F)F)nc3)cc2)N1. The average molecular weight is 406 g/mol. The number of benzene rings is 1. The lowest BCUT2D eigenvalue weighted by molar-refractivity contribution is -0.141. The van der Waals surface area contributed by atoms with Gasteiger partial charge in [-0.2, -0.15) is 13.2 Å². The van der Waals surface area contributed by atoms with E-state index >= 15 is 0 Å². The molecule has 154 valence electrons. The molecule has 6 nitrogen and oxygen atoms in total. The van der Waals surface area contributed by atoms with Crippen molar-refractivity contribution in [2.45, 2.75) is 44.7 Å². The first-order chi connectivity index (χ1) is 13.6. The summed E-state index contributed by atoms with van der Waals surface area (Å²) in [5.41, 5.74) is 1.17. The van der Waals surface area contributed by atoms with Crippen LogP contribution in [0.15, 0.2) is 42.6 Å². The lowest BCUT2D eigenvalue weighted by atomic mass is 10.0. The number of carbonyl (C=O) groups is 2. The van der Waals surface area contributed by atoms with Crippen molar-refractivity contribution in [3.63, 3.8) is 0 Å². The molecular weight excluding hydrogens is 385 g/mol. The molecule has 0 spiro atoms. The van der Waals surface area contributed by atoms with Gasteiger partial charge in [0.05, 0.1) is 24.7 Å². The van der Waals surface area contributed by atoms with Crippen LogP contribution in [0.2, 0.25) is 0 Å². The fourth-order valence-corrected chi connectivity index (χ4v) is 3.15. The van der Waals surface area contributed by atoms with E-state index in [1.165, 1.54) is 12.3 Å². The van der Waals surface area contributed by atoms with Crippen molar-refractivity contribution in [2.75, 3.05) is 0 Å². The molecule has 2 amide bonds. The van der Waals surface area contributed by atoms with Gasteiger partial charge in [-0.1, -0.05) is 30.3 Å². The molecule has 3 N–H and O–H groups in total. The van der Waals surface area contributed by atoms with Gasteiger partial charge < -0.3 is 10.6 Å². The number of amides is 2. The molecular formula is C20H21F3N4O2. The van der Waals surface area contributed by atoms with Crippen LogP contribution in [0.5, 0.6) is 0 Å². The number of aromatic nitrogens is 1. The van der Waals surface area contributed by atoms with E-state index in [1.54, 1.807) is 31.2 Å². The van der Waals surface area contributed by atoms with E-state index in [1.807, 2.05) is 6.92 Å². The predicted molar refractivity (Wildman–Crippen MR) is 100 cm³/mol. The van der Waals surface area contributed by atoms with E-state index < -0.39 is 17.9 Å². The summed E-state index contributed by atoms with van der Waals surface area (Å²) in [4.78, 5) is 27.5. The van der Waals surface area contributed by atoms with E-state index in [4.69, 9.17) is 0 Å². The van der Waals surface area contributed by atoms with Crippen molar-refractivity contribution in [1.29, 1.82) is 0 Å². The number of hydrogen-bond acceptors (Lipinski definition) is 4. The average Bonchev–Trinajstić information content (AvgIpc) is 2.66. The summed E-state index contributed by atoms with van der Waals surface area (Å²) in [5.74, 6) is -0.450. The van der Waals surface area contributed by atoms with Crippen molar-refractivity contribution in [3.05, 3.63) is 53.9 Å². The Morgan fingerprint density at radius 1 is 1.17 bits per heavy atom. The minimum absolute atomic E-state index is 0.0722. The molecule has 0 radical (unpaired) electrons. The molecule has 9 heteroatoms. The predicted octanol–water partition coefficient (Wildman–Crippen LogP) is 2.77. The zero-order chi connectivity index (χ0) is 21.2. The molecule has 0 aliphatic carbocycles. The van der Waals surface area contributed by atoms with Crippen molar-refractivity contribution >= 4 is 11.8 Å². The van der Waals surface area contributed by atoms with Crippen LogP contribution in [0.4, 0.5) is 13.2 Å². The third-order valence-corrected chi connectivity index (χ3v) is 4.69. The summed E-state index contributed by atoms with van der Waals surface area (Å²) in [6.07, 6.45) is -3.49. The highest BCUT2D eigenvalue weighted by molar-refractivity contribution is 5.89. The molecule has 1 fully saturated rings. The normalized spacial score (nSPS) is 20.7. The zero-order valence-electron chi connectivity index (χ0n) is 15.9. The summed E-state index contributed by atoms with van der Waals surface area (Å²) in [6.45, 7) is 3.58. The number of halogens is 3. The molecule has 1 aliphatic heterocycles. The molecule has 1 saturated heterocycles. The Morgan fingerprint density at radius 2 is 1.83 bits per heavy atom. The summed E-state index contributed by atoms with van der Waals surface area (Å²) < 4.78 is 37.9. The number of carbonyl (C=O) groups excluding carboxylic acids is 2. The molecule has 0 bridgehead atoms. The molecule has 1 aromatic heterocycles. The fourth-order valence-electron chi connectivity index (χ4n) is 3.15. The number of rotatable bonds is 4. The molecule has 0 saturated carbocycles. The Labute approximate surface area is 165 Å². The maximum Gasteiger partial charge on any atom is 0.433 e. The second-order valence-corrected chi connectivity index (χ2v) is 6.99. The largest absolute Gasteiger partial charge is 0.433 e. The van der Waals surface area contributed by atoms with E-state index in [-0.39, 0.29) is 30.4 Å². The highest BCUT2D eigenvalue weighted by Gasteiger charge is 2.32. The topological polar surface area (TPSA) is 83.1 Å². The lowest BCUT2D eigenvalue weighted by Crippen LogP contribution is -2.59. The van der Waals surface area contributed by atoms with E-state index in [9.17, 15) is 22.8 Å². The number of pyridine rings is 1. The molecule has 2 heterocycles. The van der Waals surface area contributed by atoms with Gasteiger partial charge in [0.2, 0.25) is 11.8 Å². The van der Waals surface area contributed by atoms with Crippen LogP contribution in [0.1, 0.15) is 37.6 Å². The Bertz CT molecular complexity index is 882. The molecule has 1 aromatic carbocycles. The smallest absolute Gasteiger partial charge is 0.348 e. The van der Waals surface area contributed by atoms with Crippen molar-refractivity contribution in [3.8, 4) is 11.1 Å². The summed E-state index contributed by atoms with van der Waals surface area (Å²) in [7, 11) is 0. The van der Waals surface area contributed by atoms with E-state index in [0.717, 1.165) is 11.6 Å². The van der Waals surface area contributed by atoms with Gasteiger partial charge in [-0.25, -0.2) is 0 Å². The van der Waals surface area contributed by atoms with Gasteiger partial charge in [-0.3, -0.25) is 19.9 Å². The highest BCUT2D eigenvalue weighted by atomic mass is 19.4. The van der Waals surface area contributed by atoms with Gasteiger partial charge in [0, 0.05) is 11.8 Å². The Morgan fingerprint density at radius 3 is 2.38 bits per heavy atom. The first-order valence-corrected chi connectivity index (χ1v) is 9.13. The van der Waals surface area contributed by atoms with Crippen LogP contribution in [-0.2, 0) is 15.8 Å². The van der Waals surface area contributed by atoms with Crippen LogP contribution in [0, 0.1) is 0 Å². The highest BCUT2D eigenvalue weighted by Crippen LogP contribution is 2.29. The monoisotopic (exact) mass is 406 g/mol. The van der Waals surface area contributed by atoms with Gasteiger partial charge in [0.25, 0.3) is 0 Å². The van der Waals surface area contributed by atoms with Crippen LogP contribution in [-0.4, -0.2) is 29.0 Å². The Balaban J connectivity index is 1.65. The quantitative estimate of drug-likeness (QED) is 0.729. The second-order valence-electron chi connectivity index (χ2n) is 6.99. The van der Waals surface area contributed by atoms with Crippen LogP contribution >= 0.6 is 0 Å². The molecule has 2 unspecified atom stereocenters. The summed E-state index contributed by atoms with van der Waals surface area (Å²) in [5, 5.41) is 8.57. The maximum atomic E-state index is 12.6. The maximum absolute atomic E-state index is 12.6. The molecule has 1 aliphatic rings. The molecule has 2 aromatic rings. The standard InChI is InChI=1S/C20H21F3N4O2/c1-11(25-19(29)16-9-18(28)27-12(2)26-16)13-3-5-14(6-4-13)15-7-8-17(24-10-15)20(21,22)23/h3-8,10-12,16,26H,9H2,1-2H3,(H,25,29)(H,27,28)/t11-,12?,16?/m1/s1. The van der Waals surface area contributed by atoms with Crippen molar-refractivity contribution < 1.29 is 22.8 Å². The van der Waals surface area contributed by atoms with Gasteiger partial charge in [0.1, 0.15) is 5.69 Å². The summed E-state index contributed by atoms with van der Waals surface area (Å²) in [6, 6.07) is 8.52. The van der Waals surface area contributed by atoms with Crippen molar-refractivity contribution in [1.82, 2.24) is 20.9 Å². The Kier molecular flexibility index (Phi) is 5.88. The van der Waals surface area contributed by atoms with Crippen LogP contribution < -0.4 is 16.0 Å². The molecule has 29 heavy (non-hydrogen) atoms. The van der Waals surface area contributed by atoms with Gasteiger partial charge in [-0.15, -0.1) is 0 Å². The zero-order valence-corrected chi connectivity index (χ0v) is 15.9. The first kappa shape index (κ1) is 20.8. The van der Waals surface area contributed by atoms with E-state index in [2.05, 4.69) is 20.9 Å². The third-order valence-electron chi connectivity index (χ3n) is 4.69. The first-order valence-electron chi connectivity index (χ1n) is 9.13. The number of alkyl halides is 3. The second kappa shape index (κ2) is 8.20. The third kappa shape index (κ3) is 5.11. The molecule has 3 rings (SSSR count). The van der Waals surface area contributed by atoms with Gasteiger partial charge in [-0.05, 0) is 31.0 Å². The van der Waals surface area contributed by atoms with E-state index in [0.29, 0.717) is 11.1 Å².